The largest absolute Gasteiger partial charge is 0.393 e. The number of carbonyl (C=O) groups is 6. The zero-order chi connectivity index (χ0) is 83.3. The predicted octanol–water partition coefficient (Wildman–Crippen LogP) is 15.0. The Morgan fingerprint density at radius 3 is 1.50 bits per heavy atom. The molecule has 628 valence electrons. The number of ketones is 6. The first kappa shape index (κ1) is 82.0. The van der Waals surface area contributed by atoms with Crippen LogP contribution in [-0.2, 0) is 57.2 Å². The summed E-state index contributed by atoms with van der Waals surface area (Å²) in [6.45, 7) is 22.6. The van der Waals surface area contributed by atoms with Crippen LogP contribution < -0.4 is 0 Å². The number of imidazole rings is 1. The van der Waals surface area contributed by atoms with E-state index in [1.165, 1.54) is 46.6 Å². The Hall–Kier alpha value is -6.63. The number of nitrogens with zero attached hydrogens (tertiary/aromatic N) is 6. The SMILES string of the molecule is CC1(C)O[C@@H]2CC3C4CCC5=CC(=O)C=CC5(C)C4[C@@H](O)CC3(C)[C@]2(C(=O)CSc2cnc3ccccc3n2)O1.CC1(C)O[C@@H]2CC3C4CCC5=CC(=O)C=CC5(C)C4[C@@H](O)CC3(C)[C@]2(C(=O)CSc2nc3cccnc3s2)O1.CCCC1O[C@@H]2CC3C4CCC5=CC(=O)C=CC5(C)C4[C@@H](O)CC3(C)[C@]2(C(=O)CSc2nc3ncccc3[nH]2)O1. The van der Waals surface area contributed by atoms with Gasteiger partial charge in [0.05, 0.1) is 76.6 Å². The van der Waals surface area contributed by atoms with Crippen molar-refractivity contribution in [1.82, 2.24) is 34.9 Å². The molecule has 6 aromatic rings. The number of nitrogens with one attached hydrogen (secondary N) is 1. The Balaban J connectivity index is 0.000000118. The highest BCUT2D eigenvalue weighted by Crippen LogP contribution is 2.75. The van der Waals surface area contributed by atoms with Gasteiger partial charge in [-0.1, -0.05) is 149 Å². The molecule has 0 radical (unpaired) electrons. The summed E-state index contributed by atoms with van der Waals surface area (Å²) in [5.74, 6) is -0.0421. The minimum Gasteiger partial charge on any atom is -0.393 e. The number of carbonyl (C=O) groups excluding carboxylic acids is 6. The maximum Gasteiger partial charge on any atom is 0.178 e. The number of aromatic amines is 1. The van der Waals surface area contributed by atoms with Gasteiger partial charge in [-0.05, 0) is 220 Å². The molecule has 5 aromatic heterocycles. The van der Waals surface area contributed by atoms with E-state index in [4.69, 9.17) is 33.4 Å². The summed E-state index contributed by atoms with van der Waals surface area (Å²) < 4.78 is 40.5. The third-order valence-corrected chi connectivity index (χ3v) is 35.8. The van der Waals surface area contributed by atoms with E-state index in [0.29, 0.717) is 35.1 Å². The smallest absolute Gasteiger partial charge is 0.178 e. The summed E-state index contributed by atoms with van der Waals surface area (Å²) in [4.78, 5) is 111. The molecule has 12 fully saturated rings. The second-order valence-corrected chi connectivity index (χ2v) is 42.9. The van der Waals surface area contributed by atoms with Crippen LogP contribution in [0.1, 0.15) is 166 Å². The number of pyridine rings is 2. The fourth-order valence-electron chi connectivity index (χ4n) is 27.3. The topological polar surface area (TPSA) is 312 Å². The molecule has 12 aliphatic carbocycles. The van der Waals surface area contributed by atoms with Gasteiger partial charge in [0.25, 0.3) is 0 Å². The van der Waals surface area contributed by atoms with Crippen molar-refractivity contribution in [3.63, 3.8) is 0 Å². The Labute approximate surface area is 710 Å². The second-order valence-electron chi connectivity index (χ2n) is 38.8. The number of fused-ring (bicyclic) bond motifs is 24. The molecule has 119 heavy (non-hydrogen) atoms. The molecule has 25 atom stereocenters. The number of ether oxygens (including phenoxy) is 6. The number of aromatic nitrogens is 7. The summed E-state index contributed by atoms with van der Waals surface area (Å²) >= 11 is 5.68. The minimum absolute atomic E-state index is 0.00948. The summed E-state index contributed by atoms with van der Waals surface area (Å²) in [5, 5.41) is 36.9. The molecule has 16 unspecified atom stereocenters. The van der Waals surface area contributed by atoms with E-state index in [9.17, 15) is 44.1 Å². The van der Waals surface area contributed by atoms with Crippen LogP contribution in [0.3, 0.4) is 0 Å². The highest BCUT2D eigenvalue weighted by atomic mass is 32.2. The Bertz CT molecular complexity index is 5340. The lowest BCUT2D eigenvalue weighted by Crippen LogP contribution is -2.63. The highest BCUT2D eigenvalue weighted by Gasteiger charge is 2.80. The number of thioether (sulfide) groups is 3. The molecule has 21 rings (SSSR count). The van der Waals surface area contributed by atoms with Crippen LogP contribution in [0.15, 0.2) is 153 Å². The van der Waals surface area contributed by atoms with E-state index in [2.05, 4.69) is 78.4 Å². The third kappa shape index (κ3) is 12.6. The number of Topliss-reactive ketones (excluding diaryl/α,β-unsaturated/α-hetero) is 3. The fraction of sp³-hybridized carbons (Fsp3) is 0.591. The highest BCUT2D eigenvalue weighted by molar-refractivity contribution is 8.01. The first-order chi connectivity index (χ1) is 56.6. The third-order valence-electron chi connectivity index (χ3n) is 31.9. The number of rotatable bonds is 14. The molecule has 26 heteroatoms. The summed E-state index contributed by atoms with van der Waals surface area (Å²) in [6.07, 6.45) is 28.5. The van der Waals surface area contributed by atoms with Crippen molar-refractivity contribution in [2.45, 2.75) is 252 Å². The molecule has 0 bridgehead atoms. The number of aliphatic hydroxyl groups is 3. The van der Waals surface area contributed by atoms with Crippen LogP contribution in [0, 0.1) is 85.8 Å². The number of para-hydroxylation sites is 2. The maximum atomic E-state index is 14.4. The zero-order valence-electron chi connectivity index (χ0n) is 69.4. The molecule has 1 aromatic carbocycles. The van der Waals surface area contributed by atoms with Crippen molar-refractivity contribution >= 4 is 114 Å². The van der Waals surface area contributed by atoms with Gasteiger partial charge in [0.2, 0.25) is 0 Å². The molecule has 9 saturated carbocycles. The monoisotopic (exact) mass is 1690 g/mol. The first-order valence-corrected chi connectivity index (χ1v) is 46.6. The zero-order valence-corrected chi connectivity index (χ0v) is 72.6. The molecule has 3 saturated heterocycles. The number of thiazole rings is 1. The van der Waals surface area contributed by atoms with Gasteiger partial charge in [0.15, 0.2) is 84.5 Å². The van der Waals surface area contributed by atoms with Gasteiger partial charge in [-0.2, -0.15) is 0 Å². The van der Waals surface area contributed by atoms with E-state index >= 15 is 0 Å². The molecule has 22 nitrogen and oxygen atoms in total. The van der Waals surface area contributed by atoms with Gasteiger partial charge < -0.3 is 48.7 Å². The Morgan fingerprint density at radius 1 is 0.521 bits per heavy atom. The first-order valence-electron chi connectivity index (χ1n) is 42.8. The van der Waals surface area contributed by atoms with Crippen molar-refractivity contribution in [1.29, 1.82) is 0 Å². The van der Waals surface area contributed by atoms with Crippen molar-refractivity contribution < 1.29 is 72.5 Å². The van der Waals surface area contributed by atoms with Crippen LogP contribution in [0.5, 0.6) is 0 Å². The predicted molar refractivity (Wildman–Crippen MR) is 451 cm³/mol. The summed E-state index contributed by atoms with van der Waals surface area (Å²) in [6, 6.07) is 15.3. The van der Waals surface area contributed by atoms with Crippen LogP contribution in [0.25, 0.3) is 32.5 Å². The van der Waals surface area contributed by atoms with Crippen LogP contribution >= 0.6 is 46.6 Å². The Kier molecular flexibility index (Phi) is 20.2. The standard InChI is InChI=1S/C32H36N2O5S.C31H37N3O5S.C30H34N2O5S2/c1-29(2)38-26-14-21-20-10-9-18-13-19(35)11-12-30(18,3)28(20)24(36)15-31(21,4)32(26,39-29)25(37)17-40-27-16-33-22-7-5-6-8-23(22)34-27;1-4-6-25-38-24-14-20-19-9-8-17-13-18(35)10-11-29(17,2)26(19)22(36)15-30(20,3)31(24,39-25)23(37)16-40-28-33-21-7-5-12-32-27(21)34-28;1-27(2)36-23-13-19-18-8-7-16-12-17(33)9-10-28(16,3)24(18)21(34)14-29(19,4)30(23,37-27)22(35)15-38-26-32-20-6-5-11-31-25(20)39-26/h5-8,11-13,16,20-21,24,26,28,36H,9-10,14-15,17H2,1-4H3;5,7,10-13,19-20,22,24-26,36H,4,6,8-9,14-16H2,1-3H3,(H,32,33,34);5-6,9-12,18-19,21,23-24,34H,7-8,13-15H2,1-4H3/t20?,21?,24-,26+,28?,30?,31?,32+;19?,20?,22-,24+,25?,26?,29?,30?,31+;18?,19?,21-,23+,24?,28?,29?,30+/m000/s1. The van der Waals surface area contributed by atoms with Crippen LogP contribution in [-0.4, -0.2) is 173 Å². The van der Waals surface area contributed by atoms with E-state index in [1.807, 2.05) is 94.5 Å². The fourth-order valence-corrected chi connectivity index (χ4v) is 30.8. The Morgan fingerprint density at radius 2 is 0.983 bits per heavy atom. The molecule has 8 heterocycles. The molecular formula is C93H107N7O15S4. The molecule has 0 amide bonds. The number of H-pyrrole nitrogens is 1. The van der Waals surface area contributed by atoms with E-state index < -0.39 is 69.2 Å². The van der Waals surface area contributed by atoms with Crippen molar-refractivity contribution in [2.24, 2.45) is 85.8 Å². The molecule has 15 aliphatic rings. The molecule has 0 spiro atoms. The lowest BCUT2D eigenvalue weighted by molar-refractivity contribution is -0.223. The van der Waals surface area contributed by atoms with Crippen molar-refractivity contribution in [2.75, 3.05) is 17.3 Å². The number of benzene rings is 1. The molecule has 3 aliphatic heterocycles. The number of hydrogen-bond acceptors (Lipinski definition) is 25. The van der Waals surface area contributed by atoms with Crippen LogP contribution in [0.4, 0.5) is 0 Å². The van der Waals surface area contributed by atoms with Gasteiger partial charge >= 0.3 is 0 Å². The molecular weight excluding hydrogens is 1580 g/mol. The number of aliphatic hydroxyl groups excluding tert-OH is 3. The van der Waals surface area contributed by atoms with Gasteiger partial charge in [-0.25, -0.2) is 24.9 Å². The van der Waals surface area contributed by atoms with Crippen molar-refractivity contribution in [3.8, 4) is 0 Å². The number of hydrogen-bond donors (Lipinski definition) is 4. The molecule has 4 N–H and O–H groups in total. The van der Waals surface area contributed by atoms with Gasteiger partial charge in [0.1, 0.15) is 15.4 Å². The lowest BCUT2D eigenvalue weighted by Gasteiger charge is -2.60. The average Bonchev–Trinajstić information content (AvgIpc) is 1.53. The second kappa shape index (κ2) is 29.2. The van der Waals surface area contributed by atoms with Crippen LogP contribution in [0.2, 0.25) is 0 Å². The summed E-state index contributed by atoms with van der Waals surface area (Å²) in [5.41, 5.74) is 1.06. The number of allylic oxidation sites excluding steroid dienone is 12. The van der Waals surface area contributed by atoms with E-state index in [-0.39, 0.29) is 140 Å². The van der Waals surface area contributed by atoms with Gasteiger partial charge in [0, 0.05) is 62.6 Å². The normalized spacial score (nSPS) is 41.7. The van der Waals surface area contributed by atoms with Gasteiger partial charge in [-0.3, -0.25) is 33.8 Å². The lowest BCUT2D eigenvalue weighted by atomic mass is 9.46. The minimum atomic E-state index is -1.15. The van der Waals surface area contributed by atoms with Crippen molar-refractivity contribution in [3.05, 3.63) is 139 Å². The summed E-state index contributed by atoms with van der Waals surface area (Å²) in [7, 11) is 0. The van der Waals surface area contributed by atoms with Gasteiger partial charge in [-0.15, -0.1) is 0 Å². The van der Waals surface area contributed by atoms with E-state index in [0.717, 1.165) is 119 Å². The quantitative estimate of drug-likeness (QED) is 0.0736. The van der Waals surface area contributed by atoms with E-state index in [1.54, 1.807) is 55.0 Å². The average molecular weight is 1690 g/mol. The maximum absolute atomic E-state index is 14.4.